The van der Waals surface area contributed by atoms with Gasteiger partial charge in [-0.05, 0) is 96.6 Å². The van der Waals surface area contributed by atoms with Crippen LogP contribution in [0.25, 0.3) is 10.9 Å². The first-order chi connectivity index (χ1) is 25.5. The van der Waals surface area contributed by atoms with Gasteiger partial charge in [0, 0.05) is 42.9 Å². The molecule has 2 aliphatic heterocycles. The Hall–Kier alpha value is -4.61. The van der Waals surface area contributed by atoms with E-state index in [1.165, 1.54) is 4.90 Å². The molecule has 54 heavy (non-hydrogen) atoms. The molecule has 0 aliphatic carbocycles. The zero-order valence-electron chi connectivity index (χ0n) is 31.9. The number of amides is 2. The van der Waals surface area contributed by atoms with Crippen LogP contribution in [0.15, 0.2) is 48.5 Å². The quantitative estimate of drug-likeness (QED) is 0.251. The molecule has 2 atom stereocenters. The minimum atomic E-state index is -4.53. The second-order valence-electron chi connectivity index (χ2n) is 15.4. The van der Waals surface area contributed by atoms with Gasteiger partial charge in [-0.1, -0.05) is 18.1 Å². The Morgan fingerprint density at radius 2 is 1.56 bits per heavy atom. The molecule has 0 saturated carbocycles. The van der Waals surface area contributed by atoms with Crippen LogP contribution in [-0.2, 0) is 25.5 Å². The van der Waals surface area contributed by atoms with Crippen LogP contribution >= 0.6 is 0 Å². The number of fused-ring (bicyclic) bond motifs is 4. The maximum Gasteiger partial charge on any atom is 0.415 e. The van der Waals surface area contributed by atoms with Crippen LogP contribution in [0.3, 0.4) is 0 Å². The van der Waals surface area contributed by atoms with E-state index >= 15 is 0 Å². The average Bonchev–Trinajstić information content (AvgIpc) is 3.41. The third-order valence-corrected chi connectivity index (χ3v) is 8.71. The van der Waals surface area contributed by atoms with Crippen LogP contribution in [0, 0.1) is 17.8 Å². The first-order valence-electron chi connectivity index (χ1n) is 18.3. The number of nitrogens with zero attached hydrogens (tertiary/aromatic N) is 3. The molecule has 0 radical (unpaired) electrons. The number of piperidine rings is 1. The number of likely N-dealkylation sites (tertiary alicyclic amines) is 1. The number of anilines is 2. The van der Waals surface area contributed by atoms with E-state index in [0.29, 0.717) is 80.4 Å². The average molecular weight is 757 g/mol. The number of ether oxygens (including phenoxy) is 5. The third-order valence-electron chi connectivity index (χ3n) is 8.71. The molecule has 1 fully saturated rings. The monoisotopic (exact) mass is 756 g/mol. The van der Waals surface area contributed by atoms with Gasteiger partial charge in [0.1, 0.15) is 30.1 Å². The largest absolute Gasteiger partial charge is 0.491 e. The lowest BCUT2D eigenvalue weighted by Gasteiger charge is -2.40. The Morgan fingerprint density at radius 3 is 2.28 bits per heavy atom. The summed E-state index contributed by atoms with van der Waals surface area (Å²) in [6.45, 7) is 11.8. The fourth-order valence-corrected chi connectivity index (χ4v) is 6.37. The first kappa shape index (κ1) is 40.6. The Kier molecular flexibility index (Phi) is 13.0. The highest BCUT2D eigenvalue weighted by atomic mass is 19.4. The Labute approximate surface area is 315 Å². The van der Waals surface area contributed by atoms with Crippen molar-refractivity contribution < 1.29 is 46.4 Å². The standard InChI is InChI=1S/C40H51F3N4O7/c1-38(2,3)53-36(48)45-18-15-33-28(26-45)16-19-50-20-21-51-22-23-52-31-12-7-10-29(24-31)46(37(49)54-39(4,5)6)17-9-11-30-25-32-34(44-33)13-8-14-35(32)47(30)27-40(41,42)43/h7-8,10,12-14,24-25,28,33,44H,15-23,26-27H2,1-6H3/t28-,33-/m1/s1. The molecule has 14 heteroatoms. The number of carbonyl (C=O) groups excluding carboxylic acids is 2. The number of hydrogen-bond donors (Lipinski definition) is 1. The van der Waals surface area contributed by atoms with E-state index < -0.39 is 36.1 Å². The predicted molar refractivity (Wildman–Crippen MR) is 200 cm³/mol. The van der Waals surface area contributed by atoms with Crippen molar-refractivity contribution in [3.63, 3.8) is 0 Å². The minimum absolute atomic E-state index is 0.0530. The maximum atomic E-state index is 14.0. The van der Waals surface area contributed by atoms with Gasteiger partial charge in [0.2, 0.25) is 0 Å². The van der Waals surface area contributed by atoms with Gasteiger partial charge in [-0.25, -0.2) is 9.59 Å². The number of alkyl halides is 3. The highest BCUT2D eigenvalue weighted by molar-refractivity contribution is 5.94. The highest BCUT2D eigenvalue weighted by Crippen LogP contribution is 2.33. The number of benzene rings is 2. The van der Waals surface area contributed by atoms with Gasteiger partial charge in [-0.15, -0.1) is 0 Å². The second-order valence-corrected chi connectivity index (χ2v) is 15.4. The summed E-state index contributed by atoms with van der Waals surface area (Å²) >= 11 is 0. The Bertz CT molecular complexity index is 1820. The molecule has 5 rings (SSSR count). The number of nitrogens with one attached hydrogen (secondary N) is 1. The zero-order chi connectivity index (χ0) is 39.1. The normalized spacial score (nSPS) is 19.5. The fraction of sp³-hybridized carbons (Fsp3) is 0.550. The van der Waals surface area contributed by atoms with E-state index in [0.717, 1.165) is 4.57 Å². The van der Waals surface area contributed by atoms with Crippen molar-refractivity contribution in [3.8, 4) is 17.6 Å². The van der Waals surface area contributed by atoms with Crippen molar-refractivity contribution >= 4 is 34.5 Å². The van der Waals surface area contributed by atoms with Crippen LogP contribution in [0.5, 0.6) is 5.75 Å². The molecule has 2 amide bonds. The van der Waals surface area contributed by atoms with E-state index in [1.807, 2.05) is 26.8 Å². The van der Waals surface area contributed by atoms with Crippen LogP contribution in [-0.4, -0.2) is 97.7 Å². The third kappa shape index (κ3) is 11.7. The second kappa shape index (κ2) is 17.2. The lowest BCUT2D eigenvalue weighted by Crippen LogP contribution is -2.50. The van der Waals surface area contributed by atoms with Crippen molar-refractivity contribution in [3.05, 3.63) is 54.2 Å². The molecule has 2 aliphatic rings. The maximum absolute atomic E-state index is 14.0. The van der Waals surface area contributed by atoms with Crippen molar-refractivity contribution in [1.29, 1.82) is 0 Å². The summed E-state index contributed by atoms with van der Waals surface area (Å²) in [5.74, 6) is 6.30. The van der Waals surface area contributed by atoms with Gasteiger partial charge < -0.3 is 38.5 Å². The van der Waals surface area contributed by atoms with Gasteiger partial charge in [0.15, 0.2) is 0 Å². The molecule has 1 N–H and O–H groups in total. The fourth-order valence-electron chi connectivity index (χ4n) is 6.37. The van der Waals surface area contributed by atoms with Gasteiger partial charge in [0.25, 0.3) is 0 Å². The number of carbonyl (C=O) groups is 2. The molecule has 0 unspecified atom stereocenters. The molecule has 294 valence electrons. The summed E-state index contributed by atoms with van der Waals surface area (Å²) in [6, 6.07) is 13.6. The SMILES string of the molecule is CC(C)(C)OC(=O)N1CC[C@H]2Nc3cccc4c3cc(n4CC(F)(F)F)C#CCN(C(=O)OC(C)(C)C)c3cccc(c3)OCCOCCOCC[C@@H]2C1. The molecule has 2 aromatic carbocycles. The summed E-state index contributed by atoms with van der Waals surface area (Å²) in [4.78, 5) is 29.5. The first-order valence-corrected chi connectivity index (χ1v) is 18.3. The molecule has 0 spiro atoms. The van der Waals surface area contributed by atoms with E-state index in [9.17, 15) is 22.8 Å². The van der Waals surface area contributed by atoms with Crippen LogP contribution < -0.4 is 15.0 Å². The number of hydrogen-bond acceptors (Lipinski definition) is 8. The molecule has 11 nitrogen and oxygen atoms in total. The lowest BCUT2D eigenvalue weighted by molar-refractivity contribution is -0.140. The predicted octanol–water partition coefficient (Wildman–Crippen LogP) is 7.85. The zero-order valence-corrected chi connectivity index (χ0v) is 31.9. The molecular weight excluding hydrogens is 705 g/mol. The summed E-state index contributed by atoms with van der Waals surface area (Å²) in [6.07, 6.45) is -4.38. The number of halogens is 3. The molecule has 4 bridgehead atoms. The molecular formula is C40H51F3N4O7. The lowest BCUT2D eigenvalue weighted by atomic mass is 9.89. The van der Waals surface area contributed by atoms with E-state index in [1.54, 1.807) is 68.1 Å². The van der Waals surface area contributed by atoms with E-state index in [2.05, 4.69) is 17.2 Å². The van der Waals surface area contributed by atoms with Crippen molar-refractivity contribution in [1.82, 2.24) is 9.47 Å². The van der Waals surface area contributed by atoms with Crippen molar-refractivity contribution in [2.24, 2.45) is 5.92 Å². The van der Waals surface area contributed by atoms with E-state index in [-0.39, 0.29) is 30.8 Å². The van der Waals surface area contributed by atoms with Gasteiger partial charge in [-0.2, -0.15) is 13.2 Å². The summed E-state index contributed by atoms with van der Waals surface area (Å²) in [7, 11) is 0. The van der Waals surface area contributed by atoms with Crippen molar-refractivity contribution in [2.75, 3.05) is 62.9 Å². The van der Waals surface area contributed by atoms with Gasteiger partial charge >= 0.3 is 18.4 Å². The molecule has 1 saturated heterocycles. The topological polar surface area (TPSA) is 104 Å². The van der Waals surface area contributed by atoms with Crippen LogP contribution in [0.4, 0.5) is 34.1 Å². The molecule has 1 aromatic heterocycles. The number of aromatic nitrogens is 1. The molecule has 3 aromatic rings. The van der Waals surface area contributed by atoms with Crippen LogP contribution in [0.1, 0.15) is 60.1 Å². The Morgan fingerprint density at radius 1 is 0.870 bits per heavy atom. The van der Waals surface area contributed by atoms with Gasteiger partial charge in [0.05, 0.1) is 43.3 Å². The van der Waals surface area contributed by atoms with E-state index in [4.69, 9.17) is 23.7 Å². The smallest absolute Gasteiger partial charge is 0.415 e. The summed E-state index contributed by atoms with van der Waals surface area (Å²) in [5, 5.41) is 4.18. The van der Waals surface area contributed by atoms with Gasteiger partial charge in [-0.3, -0.25) is 4.90 Å². The Balaban J connectivity index is 1.52. The number of rotatable bonds is 1. The molecule has 3 heterocycles. The summed E-state index contributed by atoms with van der Waals surface area (Å²) in [5.41, 5.74) is 0.130. The minimum Gasteiger partial charge on any atom is -0.491 e. The highest BCUT2D eigenvalue weighted by Gasteiger charge is 2.35. The van der Waals surface area contributed by atoms with Crippen molar-refractivity contribution in [2.45, 2.75) is 84.3 Å². The van der Waals surface area contributed by atoms with Crippen LogP contribution in [0.2, 0.25) is 0 Å². The summed E-state index contributed by atoms with van der Waals surface area (Å²) < 4.78 is 72.1.